The lowest BCUT2D eigenvalue weighted by Crippen LogP contribution is -2.41. The van der Waals surface area contributed by atoms with Gasteiger partial charge in [-0.05, 0) is 50.6 Å². The summed E-state index contributed by atoms with van der Waals surface area (Å²) in [6.45, 7) is 7.76. The number of nitrogens with one attached hydrogen (secondary N) is 1. The van der Waals surface area contributed by atoms with E-state index in [1.165, 1.54) is 45.2 Å². The van der Waals surface area contributed by atoms with Gasteiger partial charge in [0.1, 0.15) is 0 Å². The van der Waals surface area contributed by atoms with Crippen LogP contribution in [0, 0.1) is 11.8 Å². The number of rotatable bonds is 5. The van der Waals surface area contributed by atoms with Crippen molar-refractivity contribution in [3.63, 3.8) is 0 Å². The number of nitrogens with zero attached hydrogens (tertiary/aromatic N) is 2. The zero-order chi connectivity index (χ0) is 12.8. The van der Waals surface area contributed by atoms with Gasteiger partial charge in [0.2, 0.25) is 0 Å². The zero-order valence-electron chi connectivity index (χ0n) is 12.1. The number of likely N-dealkylation sites (tertiary alicyclic amines) is 1. The van der Waals surface area contributed by atoms with Crippen LogP contribution >= 0.6 is 24.0 Å². The molecular weight excluding hydrogens is 351 g/mol. The molecule has 5 heteroatoms. The SMILES string of the molecule is CC1CCN(CCNC(N)=NCC2CCC2)CC1.I. The number of nitrogens with two attached hydrogens (primary N) is 1. The number of hydrogen-bond acceptors (Lipinski definition) is 2. The van der Waals surface area contributed by atoms with E-state index >= 15 is 0 Å². The molecule has 0 unspecified atom stereocenters. The first kappa shape index (κ1) is 17.0. The summed E-state index contributed by atoms with van der Waals surface area (Å²) in [5, 5.41) is 3.23. The molecule has 1 aliphatic heterocycles. The van der Waals surface area contributed by atoms with Crippen LogP contribution in [0.2, 0.25) is 0 Å². The lowest BCUT2D eigenvalue weighted by Gasteiger charge is -2.30. The first-order valence-corrected chi connectivity index (χ1v) is 7.50. The highest BCUT2D eigenvalue weighted by molar-refractivity contribution is 14.0. The molecule has 4 nitrogen and oxygen atoms in total. The second kappa shape index (κ2) is 9.00. The number of halogens is 1. The summed E-state index contributed by atoms with van der Waals surface area (Å²) in [5.74, 6) is 2.34. The van der Waals surface area contributed by atoms with Crippen LogP contribution in [-0.2, 0) is 0 Å². The van der Waals surface area contributed by atoms with Gasteiger partial charge in [0.05, 0.1) is 0 Å². The number of piperidine rings is 1. The van der Waals surface area contributed by atoms with Gasteiger partial charge in [0.15, 0.2) is 5.96 Å². The van der Waals surface area contributed by atoms with Crippen molar-refractivity contribution in [2.24, 2.45) is 22.6 Å². The molecule has 3 N–H and O–H groups in total. The fourth-order valence-corrected chi connectivity index (χ4v) is 2.59. The lowest BCUT2D eigenvalue weighted by atomic mass is 9.86. The van der Waals surface area contributed by atoms with Gasteiger partial charge >= 0.3 is 0 Å². The fraction of sp³-hybridized carbons (Fsp3) is 0.929. The van der Waals surface area contributed by atoms with Gasteiger partial charge < -0.3 is 16.0 Å². The highest BCUT2D eigenvalue weighted by Crippen LogP contribution is 2.26. The Hall–Kier alpha value is -0.0400. The molecule has 2 fully saturated rings. The molecule has 0 spiro atoms. The van der Waals surface area contributed by atoms with Crippen molar-refractivity contribution < 1.29 is 0 Å². The van der Waals surface area contributed by atoms with Gasteiger partial charge in [-0.1, -0.05) is 13.3 Å². The molecule has 0 aromatic rings. The van der Waals surface area contributed by atoms with Crippen molar-refractivity contribution in [1.82, 2.24) is 10.2 Å². The molecular formula is C14H29IN4. The van der Waals surface area contributed by atoms with Crippen LogP contribution in [-0.4, -0.2) is 43.6 Å². The Morgan fingerprint density at radius 3 is 2.53 bits per heavy atom. The van der Waals surface area contributed by atoms with E-state index in [9.17, 15) is 0 Å². The molecule has 2 aliphatic rings. The van der Waals surface area contributed by atoms with Crippen molar-refractivity contribution in [3.8, 4) is 0 Å². The second-order valence-electron chi connectivity index (χ2n) is 5.97. The Labute approximate surface area is 134 Å². The Bertz CT molecular complexity index is 271. The van der Waals surface area contributed by atoms with Gasteiger partial charge in [0.25, 0.3) is 0 Å². The molecule has 1 heterocycles. The van der Waals surface area contributed by atoms with E-state index in [0.29, 0.717) is 5.96 Å². The monoisotopic (exact) mass is 380 g/mol. The summed E-state index contributed by atoms with van der Waals surface area (Å²) in [6.07, 6.45) is 6.73. The third-order valence-corrected chi connectivity index (χ3v) is 4.35. The molecule has 1 aliphatic carbocycles. The van der Waals surface area contributed by atoms with Crippen LogP contribution in [0.1, 0.15) is 39.0 Å². The fourth-order valence-electron chi connectivity index (χ4n) is 2.59. The van der Waals surface area contributed by atoms with E-state index in [1.54, 1.807) is 0 Å². The van der Waals surface area contributed by atoms with E-state index in [4.69, 9.17) is 5.73 Å². The maximum Gasteiger partial charge on any atom is 0.188 e. The second-order valence-corrected chi connectivity index (χ2v) is 5.97. The summed E-state index contributed by atoms with van der Waals surface area (Å²) in [7, 11) is 0. The molecule has 1 saturated heterocycles. The highest BCUT2D eigenvalue weighted by Gasteiger charge is 2.17. The Morgan fingerprint density at radius 2 is 1.95 bits per heavy atom. The molecule has 0 aromatic carbocycles. The minimum Gasteiger partial charge on any atom is -0.370 e. The zero-order valence-corrected chi connectivity index (χ0v) is 14.4. The van der Waals surface area contributed by atoms with Gasteiger partial charge in [-0.3, -0.25) is 4.99 Å². The summed E-state index contributed by atoms with van der Waals surface area (Å²) < 4.78 is 0. The van der Waals surface area contributed by atoms with E-state index in [-0.39, 0.29) is 24.0 Å². The van der Waals surface area contributed by atoms with Crippen molar-refractivity contribution in [1.29, 1.82) is 0 Å². The van der Waals surface area contributed by atoms with Crippen LogP contribution in [0.5, 0.6) is 0 Å². The standard InChI is InChI=1S/C14H28N4.HI/c1-12-5-8-18(9-6-12)10-7-16-14(15)17-11-13-3-2-4-13;/h12-13H,2-11H2,1H3,(H3,15,16,17);1H. The van der Waals surface area contributed by atoms with Gasteiger partial charge in [-0.25, -0.2) is 0 Å². The van der Waals surface area contributed by atoms with E-state index in [2.05, 4.69) is 22.1 Å². The topological polar surface area (TPSA) is 53.6 Å². The predicted molar refractivity (Wildman–Crippen MR) is 92.1 cm³/mol. The molecule has 2 rings (SSSR count). The minimum atomic E-state index is 0. The maximum atomic E-state index is 5.86. The van der Waals surface area contributed by atoms with Gasteiger partial charge in [-0.15, -0.1) is 24.0 Å². The van der Waals surface area contributed by atoms with E-state index < -0.39 is 0 Å². The van der Waals surface area contributed by atoms with Gasteiger partial charge in [0, 0.05) is 19.6 Å². The van der Waals surface area contributed by atoms with Crippen molar-refractivity contribution in [3.05, 3.63) is 0 Å². The maximum absolute atomic E-state index is 5.86. The largest absolute Gasteiger partial charge is 0.370 e. The molecule has 112 valence electrons. The Balaban J connectivity index is 0.00000180. The number of aliphatic imine (C=N–C) groups is 1. The van der Waals surface area contributed by atoms with E-state index in [1.807, 2.05) is 0 Å². The van der Waals surface area contributed by atoms with Crippen LogP contribution in [0.3, 0.4) is 0 Å². The molecule has 19 heavy (non-hydrogen) atoms. The third-order valence-electron chi connectivity index (χ3n) is 4.35. The average Bonchev–Trinajstić information content (AvgIpc) is 2.30. The summed E-state index contributed by atoms with van der Waals surface area (Å²) in [6, 6.07) is 0. The lowest BCUT2D eigenvalue weighted by molar-refractivity contribution is 0.195. The first-order chi connectivity index (χ1) is 8.74. The van der Waals surface area contributed by atoms with E-state index in [0.717, 1.165) is 31.5 Å². The average molecular weight is 380 g/mol. The first-order valence-electron chi connectivity index (χ1n) is 7.50. The molecule has 0 aromatic heterocycles. The van der Waals surface area contributed by atoms with Crippen LogP contribution in [0.25, 0.3) is 0 Å². The summed E-state index contributed by atoms with van der Waals surface area (Å²) in [4.78, 5) is 6.93. The molecule has 0 bridgehead atoms. The Kier molecular flexibility index (Phi) is 8.06. The predicted octanol–water partition coefficient (Wildman–Crippen LogP) is 2.04. The normalized spacial score (nSPS) is 22.7. The summed E-state index contributed by atoms with van der Waals surface area (Å²) in [5.41, 5.74) is 5.86. The van der Waals surface area contributed by atoms with Crippen molar-refractivity contribution >= 4 is 29.9 Å². The smallest absolute Gasteiger partial charge is 0.188 e. The Morgan fingerprint density at radius 1 is 1.26 bits per heavy atom. The molecule has 0 radical (unpaired) electrons. The quantitative estimate of drug-likeness (QED) is 0.436. The van der Waals surface area contributed by atoms with Crippen LogP contribution < -0.4 is 11.1 Å². The molecule has 0 amide bonds. The third kappa shape index (κ3) is 6.29. The number of guanidine groups is 1. The molecule has 0 atom stereocenters. The van der Waals surface area contributed by atoms with Crippen molar-refractivity contribution in [2.45, 2.75) is 39.0 Å². The van der Waals surface area contributed by atoms with Crippen LogP contribution in [0.4, 0.5) is 0 Å². The molecule has 1 saturated carbocycles. The highest BCUT2D eigenvalue weighted by atomic mass is 127. The summed E-state index contributed by atoms with van der Waals surface area (Å²) >= 11 is 0. The van der Waals surface area contributed by atoms with Gasteiger partial charge in [-0.2, -0.15) is 0 Å². The minimum absolute atomic E-state index is 0. The number of hydrogen-bond donors (Lipinski definition) is 2. The van der Waals surface area contributed by atoms with Crippen molar-refractivity contribution in [2.75, 3.05) is 32.7 Å². The van der Waals surface area contributed by atoms with Crippen LogP contribution in [0.15, 0.2) is 4.99 Å².